The first-order valence-corrected chi connectivity index (χ1v) is 17.4. The molecule has 0 saturated carbocycles. The van der Waals surface area contributed by atoms with Crippen molar-refractivity contribution < 1.29 is 4.74 Å². The first kappa shape index (κ1) is 33.3. The number of rotatable bonds is 10. The molecule has 53 heavy (non-hydrogen) atoms. The first-order valence-electron chi connectivity index (χ1n) is 17.4. The molecule has 0 unspecified atom stereocenters. The number of fused-ring (bicyclic) bond motifs is 1. The fourth-order valence-electron chi connectivity index (χ4n) is 7.20. The fraction of sp³-hybridized carbons (Fsp3) is 0.143. The topological polar surface area (TPSA) is 115 Å². The number of aromatic nitrogens is 8. The summed E-state index contributed by atoms with van der Waals surface area (Å²) in [5, 5.41) is 13.7. The van der Waals surface area contributed by atoms with E-state index in [1.54, 1.807) is 11.6 Å². The second kappa shape index (κ2) is 13.7. The van der Waals surface area contributed by atoms with Gasteiger partial charge >= 0.3 is 5.69 Å². The lowest BCUT2D eigenvalue weighted by molar-refractivity contribution is 0.301. The van der Waals surface area contributed by atoms with Crippen molar-refractivity contribution in [2.24, 2.45) is 14.1 Å². The molecular weight excluding hydrogens is 665 g/mol. The third-order valence-corrected chi connectivity index (χ3v) is 9.72. The Morgan fingerprint density at radius 3 is 1.77 bits per heavy atom. The predicted octanol–water partition coefficient (Wildman–Crippen LogP) is 6.04. The molecule has 3 aromatic heterocycles. The maximum Gasteiger partial charge on any atom is 0.332 e. The zero-order valence-electron chi connectivity index (χ0n) is 29.5. The van der Waals surface area contributed by atoms with E-state index in [-0.39, 0.29) is 11.7 Å². The van der Waals surface area contributed by atoms with E-state index in [4.69, 9.17) is 9.95 Å². The van der Waals surface area contributed by atoms with Gasteiger partial charge in [0.25, 0.3) is 11.6 Å². The molecule has 0 aliphatic rings. The van der Waals surface area contributed by atoms with Crippen molar-refractivity contribution in [3.8, 4) is 28.5 Å². The van der Waals surface area contributed by atoms with Crippen molar-refractivity contribution in [2.75, 3.05) is 6.61 Å². The van der Waals surface area contributed by atoms with Crippen LogP contribution in [0.4, 0.5) is 0 Å². The zero-order valence-corrected chi connectivity index (χ0v) is 29.5. The molecule has 3 heterocycles. The number of tetrazole rings is 1. The molecule has 0 N–H and O–H groups in total. The lowest BCUT2D eigenvalue weighted by Gasteiger charge is -2.36. The largest absolute Gasteiger partial charge is 0.465 e. The van der Waals surface area contributed by atoms with Gasteiger partial charge in [0.1, 0.15) is 5.54 Å². The third-order valence-electron chi connectivity index (χ3n) is 9.72. The van der Waals surface area contributed by atoms with Gasteiger partial charge in [-0.05, 0) is 50.7 Å². The van der Waals surface area contributed by atoms with Crippen molar-refractivity contribution in [1.29, 1.82) is 0 Å². The van der Waals surface area contributed by atoms with Crippen LogP contribution in [0.25, 0.3) is 33.7 Å². The third kappa shape index (κ3) is 5.53. The molecule has 8 aromatic rings. The molecule has 262 valence electrons. The normalized spacial score (nSPS) is 11.6. The second-order valence-electron chi connectivity index (χ2n) is 12.8. The van der Waals surface area contributed by atoms with E-state index in [1.165, 1.54) is 11.6 Å². The van der Waals surface area contributed by atoms with Gasteiger partial charge in [0.2, 0.25) is 0 Å². The van der Waals surface area contributed by atoms with Gasteiger partial charge in [-0.15, -0.1) is 5.10 Å². The summed E-state index contributed by atoms with van der Waals surface area (Å²) < 4.78 is 12.0. The Labute approximate surface area is 305 Å². The lowest BCUT2D eigenvalue weighted by atomic mass is 9.77. The molecule has 11 nitrogen and oxygen atoms in total. The predicted molar refractivity (Wildman–Crippen MR) is 204 cm³/mol. The highest BCUT2D eigenvalue weighted by Crippen LogP contribution is 2.43. The van der Waals surface area contributed by atoms with Gasteiger partial charge in [0, 0.05) is 19.7 Å². The molecule has 11 heteroatoms. The number of hydrogen-bond donors (Lipinski definition) is 0. The molecule has 0 fully saturated rings. The summed E-state index contributed by atoms with van der Waals surface area (Å²) in [6.07, 6.45) is 0. The van der Waals surface area contributed by atoms with E-state index >= 15 is 0 Å². The van der Waals surface area contributed by atoms with E-state index in [0.717, 1.165) is 43.5 Å². The summed E-state index contributed by atoms with van der Waals surface area (Å²) in [5.74, 6) is 0.605. The highest BCUT2D eigenvalue weighted by atomic mass is 16.5. The van der Waals surface area contributed by atoms with Crippen LogP contribution >= 0.6 is 0 Å². The maximum absolute atomic E-state index is 13.3. The number of benzene rings is 5. The van der Waals surface area contributed by atoms with Gasteiger partial charge < -0.3 is 4.74 Å². The Hall–Kier alpha value is -6.88. The Balaban J connectivity index is 1.25. The molecule has 0 spiro atoms. The van der Waals surface area contributed by atoms with Crippen LogP contribution in [0.5, 0.6) is 6.01 Å². The standard InChI is InChI=1S/C42H36N8O3/c1-4-53-40-43-38-36(39(51)48(3)41(52)47(38)2)49(40)28-29-24-26-30(27-25-29)34-22-14-15-23-35(34)37-44-45-46-50(37)42(31-16-8-5-9-17-31,32-18-10-6-11-19-32)33-20-12-7-13-21-33/h5-27H,4,28H2,1-3H3. The van der Waals surface area contributed by atoms with Crippen LogP contribution in [0.15, 0.2) is 149 Å². The van der Waals surface area contributed by atoms with Crippen LogP contribution in [0.1, 0.15) is 29.2 Å². The van der Waals surface area contributed by atoms with E-state index in [9.17, 15) is 9.59 Å². The van der Waals surface area contributed by atoms with Crippen molar-refractivity contribution >= 4 is 11.2 Å². The summed E-state index contributed by atoms with van der Waals surface area (Å²) in [6.45, 7) is 2.52. The van der Waals surface area contributed by atoms with Gasteiger partial charge in [0.15, 0.2) is 17.0 Å². The summed E-state index contributed by atoms with van der Waals surface area (Å²) in [7, 11) is 3.07. The minimum atomic E-state index is -0.897. The Morgan fingerprint density at radius 1 is 0.660 bits per heavy atom. The number of hydrogen-bond acceptors (Lipinski definition) is 7. The molecule has 5 aromatic carbocycles. The van der Waals surface area contributed by atoms with Crippen LogP contribution < -0.4 is 16.0 Å². The number of nitrogens with zero attached hydrogens (tertiary/aromatic N) is 8. The van der Waals surface area contributed by atoms with Crippen LogP contribution in [0.3, 0.4) is 0 Å². The summed E-state index contributed by atoms with van der Waals surface area (Å²) >= 11 is 0. The van der Waals surface area contributed by atoms with Crippen LogP contribution in [0, 0.1) is 0 Å². The minimum Gasteiger partial charge on any atom is -0.465 e. The van der Waals surface area contributed by atoms with Crippen molar-refractivity contribution in [3.63, 3.8) is 0 Å². The molecule has 0 bridgehead atoms. The number of imidazole rings is 1. The zero-order chi connectivity index (χ0) is 36.5. The highest BCUT2D eigenvalue weighted by Gasteiger charge is 2.42. The smallest absolute Gasteiger partial charge is 0.332 e. The van der Waals surface area contributed by atoms with E-state index in [1.807, 2.05) is 96.5 Å². The number of aryl methyl sites for hydroxylation is 1. The summed E-state index contributed by atoms with van der Waals surface area (Å²) in [5.41, 5.74) is 5.55. The number of ether oxygens (including phenoxy) is 1. The average Bonchev–Trinajstić information content (AvgIpc) is 3.84. The van der Waals surface area contributed by atoms with Gasteiger partial charge in [-0.2, -0.15) is 4.98 Å². The van der Waals surface area contributed by atoms with Gasteiger partial charge in [-0.3, -0.25) is 18.5 Å². The Kier molecular flexibility index (Phi) is 8.59. The molecule has 0 aliphatic carbocycles. The SMILES string of the molecule is CCOc1nc2c(c(=O)n(C)c(=O)n2C)n1Cc1ccc(-c2ccccc2-c2nnnn2C(c2ccccc2)(c2ccccc2)c2ccccc2)cc1. The Morgan fingerprint density at radius 2 is 1.21 bits per heavy atom. The molecule has 8 rings (SSSR count). The van der Waals surface area contributed by atoms with Gasteiger partial charge in [-0.1, -0.05) is 140 Å². The van der Waals surface area contributed by atoms with Gasteiger partial charge in [0.05, 0.1) is 13.2 Å². The van der Waals surface area contributed by atoms with E-state index < -0.39 is 16.8 Å². The molecule has 0 amide bonds. The van der Waals surface area contributed by atoms with Gasteiger partial charge in [-0.25, -0.2) is 9.48 Å². The molecular formula is C42H36N8O3. The van der Waals surface area contributed by atoms with E-state index in [2.05, 4.69) is 69.9 Å². The second-order valence-corrected chi connectivity index (χ2v) is 12.8. The lowest BCUT2D eigenvalue weighted by Crippen LogP contribution is -2.39. The molecule has 0 aliphatic heterocycles. The average molecular weight is 701 g/mol. The Bertz CT molecular complexity index is 2570. The molecule has 0 radical (unpaired) electrons. The minimum absolute atomic E-state index is 0.279. The fourth-order valence-corrected chi connectivity index (χ4v) is 7.20. The van der Waals surface area contributed by atoms with Crippen LogP contribution in [-0.2, 0) is 26.2 Å². The molecule has 0 atom stereocenters. The summed E-state index contributed by atoms with van der Waals surface area (Å²) in [4.78, 5) is 30.5. The van der Waals surface area contributed by atoms with Crippen molar-refractivity contribution in [2.45, 2.75) is 19.0 Å². The van der Waals surface area contributed by atoms with Crippen molar-refractivity contribution in [3.05, 3.63) is 183 Å². The quantitative estimate of drug-likeness (QED) is 0.160. The van der Waals surface area contributed by atoms with Crippen LogP contribution in [0.2, 0.25) is 0 Å². The van der Waals surface area contributed by atoms with Crippen molar-refractivity contribution in [1.82, 2.24) is 38.9 Å². The highest BCUT2D eigenvalue weighted by molar-refractivity contribution is 5.81. The van der Waals surface area contributed by atoms with Crippen LogP contribution in [-0.4, -0.2) is 45.5 Å². The first-order chi connectivity index (χ1) is 25.9. The maximum atomic E-state index is 13.3. The monoisotopic (exact) mass is 700 g/mol. The molecule has 0 saturated heterocycles. The van der Waals surface area contributed by atoms with E-state index in [0.29, 0.717) is 24.5 Å². The summed E-state index contributed by atoms with van der Waals surface area (Å²) in [6, 6.07) is 47.5.